The van der Waals surface area contributed by atoms with E-state index in [2.05, 4.69) is 5.10 Å². The first-order valence-electron chi connectivity index (χ1n) is 6.62. The second kappa shape index (κ2) is 4.86. The summed E-state index contributed by atoms with van der Waals surface area (Å²) >= 11 is 0. The zero-order valence-corrected chi connectivity index (χ0v) is 11.4. The predicted octanol–water partition coefficient (Wildman–Crippen LogP) is 2.25. The molecule has 106 valence electrons. The van der Waals surface area contributed by atoms with Crippen molar-refractivity contribution in [1.29, 1.82) is 0 Å². The Labute approximate surface area is 115 Å². The zero-order chi connectivity index (χ0) is 14.3. The van der Waals surface area contributed by atoms with Crippen molar-refractivity contribution in [2.45, 2.75) is 26.1 Å². The number of carbonyl (C=O) groups is 1. The van der Waals surface area contributed by atoms with E-state index >= 15 is 0 Å². The van der Waals surface area contributed by atoms with E-state index in [0.29, 0.717) is 18.6 Å². The number of amides is 1. The van der Waals surface area contributed by atoms with E-state index in [1.165, 1.54) is 16.8 Å². The third kappa shape index (κ3) is 2.27. The monoisotopic (exact) mass is 277 g/mol. The molecular weight excluding hydrogens is 261 g/mol. The van der Waals surface area contributed by atoms with Crippen LogP contribution in [0.5, 0.6) is 0 Å². The molecule has 5 nitrogen and oxygen atoms in total. The highest BCUT2D eigenvalue weighted by atomic mass is 19.1. The number of rotatable bonds is 0. The second-order valence-electron chi connectivity index (χ2n) is 5.20. The van der Waals surface area contributed by atoms with E-state index in [4.69, 9.17) is 4.74 Å². The van der Waals surface area contributed by atoms with Crippen LogP contribution in [0.15, 0.2) is 24.4 Å². The fraction of sp³-hybridized carbons (Fsp3) is 0.429. The van der Waals surface area contributed by atoms with Gasteiger partial charge in [0, 0.05) is 24.5 Å². The van der Waals surface area contributed by atoms with Gasteiger partial charge in [0.1, 0.15) is 5.82 Å². The SMILES string of the molecule is CC1CN(C(=O)n2ncc3ccc(F)cc32)CC(C)O1. The lowest BCUT2D eigenvalue weighted by Gasteiger charge is -2.34. The molecule has 1 fully saturated rings. The van der Waals surface area contributed by atoms with E-state index in [9.17, 15) is 9.18 Å². The molecule has 0 N–H and O–H groups in total. The molecule has 0 spiro atoms. The molecule has 1 aliphatic heterocycles. The van der Waals surface area contributed by atoms with E-state index in [0.717, 1.165) is 5.39 Å². The van der Waals surface area contributed by atoms with Gasteiger partial charge < -0.3 is 9.64 Å². The average Bonchev–Trinajstić information content (AvgIpc) is 2.79. The number of carbonyl (C=O) groups excluding carboxylic acids is 1. The van der Waals surface area contributed by atoms with Crippen LogP contribution >= 0.6 is 0 Å². The summed E-state index contributed by atoms with van der Waals surface area (Å²) in [6.07, 6.45) is 1.54. The Kier molecular flexibility index (Phi) is 3.17. The third-order valence-corrected chi connectivity index (χ3v) is 3.40. The van der Waals surface area contributed by atoms with Gasteiger partial charge in [0.25, 0.3) is 0 Å². The van der Waals surface area contributed by atoms with E-state index in [1.807, 2.05) is 13.8 Å². The quantitative estimate of drug-likeness (QED) is 0.742. The minimum atomic E-state index is -0.379. The Balaban J connectivity index is 1.94. The van der Waals surface area contributed by atoms with Gasteiger partial charge in [-0.25, -0.2) is 9.18 Å². The number of halogens is 1. The molecule has 1 aromatic heterocycles. The molecule has 0 aliphatic carbocycles. The fourth-order valence-corrected chi connectivity index (χ4v) is 2.61. The zero-order valence-electron chi connectivity index (χ0n) is 11.4. The van der Waals surface area contributed by atoms with Gasteiger partial charge in [0.2, 0.25) is 0 Å². The first-order valence-corrected chi connectivity index (χ1v) is 6.62. The molecule has 0 saturated carbocycles. The minimum Gasteiger partial charge on any atom is -0.372 e. The first-order chi connectivity index (χ1) is 9.54. The lowest BCUT2D eigenvalue weighted by atomic mass is 10.2. The van der Waals surface area contributed by atoms with Crippen molar-refractivity contribution in [3.8, 4) is 0 Å². The first kappa shape index (κ1) is 13.1. The van der Waals surface area contributed by atoms with E-state index in [-0.39, 0.29) is 24.1 Å². The van der Waals surface area contributed by atoms with Gasteiger partial charge in [0.05, 0.1) is 23.9 Å². The van der Waals surface area contributed by atoms with Crippen molar-refractivity contribution >= 4 is 16.9 Å². The fourth-order valence-electron chi connectivity index (χ4n) is 2.61. The summed E-state index contributed by atoms with van der Waals surface area (Å²) in [5, 5.41) is 4.82. The summed E-state index contributed by atoms with van der Waals surface area (Å²) in [5.41, 5.74) is 0.488. The largest absolute Gasteiger partial charge is 0.372 e. The highest BCUT2D eigenvalue weighted by Crippen LogP contribution is 2.18. The summed E-state index contributed by atoms with van der Waals surface area (Å²) in [5.74, 6) is -0.379. The smallest absolute Gasteiger partial charge is 0.345 e. The summed E-state index contributed by atoms with van der Waals surface area (Å²) in [6, 6.07) is 4.06. The third-order valence-electron chi connectivity index (χ3n) is 3.40. The Morgan fingerprint density at radius 1 is 1.35 bits per heavy atom. The predicted molar refractivity (Wildman–Crippen MR) is 72.1 cm³/mol. The summed E-state index contributed by atoms with van der Waals surface area (Å²) in [7, 11) is 0. The van der Waals surface area contributed by atoms with Crippen LogP contribution in [-0.4, -0.2) is 46.0 Å². The molecule has 2 atom stereocenters. The van der Waals surface area contributed by atoms with Crippen LogP contribution in [0, 0.1) is 5.82 Å². The number of hydrogen-bond donors (Lipinski definition) is 0. The number of ether oxygens (including phenoxy) is 1. The maximum absolute atomic E-state index is 13.3. The molecule has 2 aromatic rings. The maximum Gasteiger partial charge on any atom is 0.345 e. The average molecular weight is 277 g/mol. The number of morpholine rings is 1. The van der Waals surface area contributed by atoms with Gasteiger partial charge in [-0.05, 0) is 26.0 Å². The molecule has 1 saturated heterocycles. The molecule has 1 aliphatic rings. The Bertz CT molecular complexity index is 645. The summed E-state index contributed by atoms with van der Waals surface area (Å²) in [6.45, 7) is 4.88. The van der Waals surface area contributed by atoms with Crippen molar-refractivity contribution in [2.75, 3.05) is 13.1 Å². The highest BCUT2D eigenvalue weighted by molar-refractivity contribution is 5.89. The lowest BCUT2D eigenvalue weighted by molar-refractivity contribution is -0.0545. The topological polar surface area (TPSA) is 47.4 Å². The van der Waals surface area contributed by atoms with Crippen LogP contribution in [0.4, 0.5) is 9.18 Å². The molecule has 0 bridgehead atoms. The number of benzene rings is 1. The van der Waals surface area contributed by atoms with Gasteiger partial charge in [-0.15, -0.1) is 0 Å². The molecule has 2 heterocycles. The normalized spacial score (nSPS) is 23.2. The summed E-state index contributed by atoms with van der Waals surface area (Å²) < 4.78 is 20.2. The van der Waals surface area contributed by atoms with Crippen LogP contribution < -0.4 is 0 Å². The highest BCUT2D eigenvalue weighted by Gasteiger charge is 2.27. The standard InChI is InChI=1S/C14H16FN3O2/c1-9-7-17(8-10(2)20-9)14(19)18-13-5-12(15)4-3-11(13)6-16-18/h3-6,9-10H,7-8H2,1-2H3. The van der Waals surface area contributed by atoms with Crippen molar-refractivity contribution in [1.82, 2.24) is 14.7 Å². The van der Waals surface area contributed by atoms with Gasteiger partial charge in [-0.2, -0.15) is 9.78 Å². The van der Waals surface area contributed by atoms with E-state index < -0.39 is 0 Å². The van der Waals surface area contributed by atoms with Gasteiger partial charge in [-0.3, -0.25) is 0 Å². The molecule has 1 amide bonds. The molecule has 1 aromatic carbocycles. The van der Waals surface area contributed by atoms with Crippen LogP contribution in [0.2, 0.25) is 0 Å². The molecule has 3 rings (SSSR count). The Hall–Kier alpha value is -1.95. The number of hydrogen-bond acceptors (Lipinski definition) is 3. The van der Waals surface area contributed by atoms with Crippen LogP contribution in [0.1, 0.15) is 13.8 Å². The van der Waals surface area contributed by atoms with Crippen molar-refractivity contribution in [3.63, 3.8) is 0 Å². The number of nitrogens with zero attached hydrogens (tertiary/aromatic N) is 3. The second-order valence-corrected chi connectivity index (χ2v) is 5.20. The van der Waals surface area contributed by atoms with Crippen molar-refractivity contribution in [3.05, 3.63) is 30.2 Å². The van der Waals surface area contributed by atoms with Crippen LogP contribution in [-0.2, 0) is 4.74 Å². The van der Waals surface area contributed by atoms with Gasteiger partial charge in [0.15, 0.2) is 0 Å². The van der Waals surface area contributed by atoms with Gasteiger partial charge >= 0.3 is 6.03 Å². The maximum atomic E-state index is 13.3. The lowest BCUT2D eigenvalue weighted by Crippen LogP contribution is -2.49. The molecule has 6 heteroatoms. The Morgan fingerprint density at radius 3 is 2.75 bits per heavy atom. The molecule has 20 heavy (non-hydrogen) atoms. The molecule has 0 radical (unpaired) electrons. The van der Waals surface area contributed by atoms with E-state index in [1.54, 1.807) is 17.2 Å². The number of aromatic nitrogens is 2. The van der Waals surface area contributed by atoms with Gasteiger partial charge in [-0.1, -0.05) is 0 Å². The molecular formula is C14H16FN3O2. The van der Waals surface area contributed by atoms with Crippen molar-refractivity contribution < 1.29 is 13.9 Å². The number of fused-ring (bicyclic) bond motifs is 1. The Morgan fingerprint density at radius 2 is 2.05 bits per heavy atom. The van der Waals surface area contributed by atoms with Crippen molar-refractivity contribution in [2.24, 2.45) is 0 Å². The summed E-state index contributed by atoms with van der Waals surface area (Å²) in [4.78, 5) is 14.2. The van der Waals surface area contributed by atoms with Crippen LogP contribution in [0.3, 0.4) is 0 Å². The molecule has 2 unspecified atom stereocenters. The minimum absolute atomic E-state index is 0.0127. The van der Waals surface area contributed by atoms with Crippen LogP contribution in [0.25, 0.3) is 10.9 Å².